The summed E-state index contributed by atoms with van der Waals surface area (Å²) in [6, 6.07) is 4.72. The van der Waals surface area contributed by atoms with Gasteiger partial charge in [-0.3, -0.25) is 14.1 Å². The molecule has 0 aliphatic rings. The molecule has 9 heteroatoms. The molecule has 0 fully saturated rings. The van der Waals surface area contributed by atoms with Crippen LogP contribution in [0.4, 0.5) is 0 Å². The predicted octanol–water partition coefficient (Wildman–Crippen LogP) is -0.317. The van der Waals surface area contributed by atoms with E-state index >= 15 is 0 Å². The third-order valence-electron chi connectivity index (χ3n) is 1.72. The van der Waals surface area contributed by atoms with Gasteiger partial charge in [0, 0.05) is 5.56 Å². The van der Waals surface area contributed by atoms with Gasteiger partial charge >= 0.3 is 16.4 Å². The summed E-state index contributed by atoms with van der Waals surface area (Å²) < 4.78 is 33.3. The molecule has 1 amide bonds. The van der Waals surface area contributed by atoms with Crippen LogP contribution in [0.5, 0.6) is 5.75 Å². The molecule has 3 N–H and O–H groups in total. The number of carboxylic acid groups (broad SMARTS) is 1. The van der Waals surface area contributed by atoms with E-state index in [9.17, 15) is 18.0 Å². The van der Waals surface area contributed by atoms with Gasteiger partial charge in [0.2, 0.25) is 0 Å². The number of rotatable bonds is 5. The molecule has 0 saturated carbocycles. The summed E-state index contributed by atoms with van der Waals surface area (Å²) in [5, 5.41) is 10.5. The number of hydrogen-bond acceptors (Lipinski definition) is 5. The Morgan fingerprint density at radius 3 is 2.22 bits per heavy atom. The van der Waals surface area contributed by atoms with Crippen LogP contribution in [0, 0.1) is 0 Å². The lowest BCUT2D eigenvalue weighted by Gasteiger charge is -2.04. The number of carboxylic acids is 1. The van der Waals surface area contributed by atoms with Crippen LogP contribution >= 0.6 is 0 Å². The number of hydrogen-bond donors (Lipinski definition) is 3. The van der Waals surface area contributed by atoms with Crippen LogP contribution in [-0.4, -0.2) is 36.5 Å². The highest BCUT2D eigenvalue weighted by molar-refractivity contribution is 7.81. The fraction of sp³-hybridized carbons (Fsp3) is 0.111. The van der Waals surface area contributed by atoms with Crippen molar-refractivity contribution in [3.63, 3.8) is 0 Å². The summed E-state index contributed by atoms with van der Waals surface area (Å²) in [5.74, 6) is -1.99. The van der Waals surface area contributed by atoms with E-state index in [0.29, 0.717) is 0 Å². The fourth-order valence-corrected chi connectivity index (χ4v) is 1.40. The number of carbonyl (C=O) groups is 2. The Balaban J connectivity index is 2.71. The first-order valence-electron chi connectivity index (χ1n) is 4.55. The van der Waals surface area contributed by atoms with E-state index in [1.165, 1.54) is 12.1 Å². The predicted molar refractivity (Wildman–Crippen MR) is 58.6 cm³/mol. The zero-order valence-electron chi connectivity index (χ0n) is 8.86. The van der Waals surface area contributed by atoms with E-state index in [4.69, 9.17) is 9.66 Å². The number of carbonyl (C=O) groups excluding carboxylic acids is 1. The summed E-state index contributed by atoms with van der Waals surface area (Å²) in [4.78, 5) is 21.6. The number of aliphatic carboxylic acids is 1. The molecule has 0 aliphatic heterocycles. The minimum Gasteiger partial charge on any atom is -0.480 e. The molecule has 0 bridgehead atoms. The van der Waals surface area contributed by atoms with E-state index in [2.05, 4.69) is 9.50 Å². The first-order valence-corrected chi connectivity index (χ1v) is 5.91. The zero-order chi connectivity index (χ0) is 13.8. The van der Waals surface area contributed by atoms with Gasteiger partial charge in [-0.2, -0.15) is 8.42 Å². The fourth-order valence-electron chi connectivity index (χ4n) is 1.04. The lowest BCUT2D eigenvalue weighted by molar-refractivity contribution is -0.135. The Labute approximate surface area is 102 Å². The molecule has 0 heterocycles. The topological polar surface area (TPSA) is 130 Å². The highest BCUT2D eigenvalue weighted by atomic mass is 32.3. The molecule has 0 unspecified atom stereocenters. The third kappa shape index (κ3) is 4.80. The van der Waals surface area contributed by atoms with Crippen molar-refractivity contribution in [3.05, 3.63) is 29.8 Å². The van der Waals surface area contributed by atoms with Gasteiger partial charge in [-0.05, 0) is 24.3 Å². The van der Waals surface area contributed by atoms with Crippen molar-refractivity contribution in [1.82, 2.24) is 5.32 Å². The third-order valence-corrected chi connectivity index (χ3v) is 2.12. The highest BCUT2D eigenvalue weighted by Gasteiger charge is 2.09. The van der Waals surface area contributed by atoms with Gasteiger partial charge in [0.15, 0.2) is 0 Å². The van der Waals surface area contributed by atoms with Crippen LogP contribution in [0.15, 0.2) is 24.3 Å². The second-order valence-electron chi connectivity index (χ2n) is 3.11. The maximum absolute atomic E-state index is 11.4. The van der Waals surface area contributed by atoms with Crippen molar-refractivity contribution in [1.29, 1.82) is 0 Å². The lowest BCUT2D eigenvalue weighted by atomic mass is 10.2. The van der Waals surface area contributed by atoms with E-state index in [1.807, 2.05) is 0 Å². The molecule has 0 aliphatic carbocycles. The highest BCUT2D eigenvalue weighted by Crippen LogP contribution is 2.13. The molecule has 8 nitrogen and oxygen atoms in total. The molecular weight excluding hydrogens is 266 g/mol. The molecule has 0 radical (unpaired) electrons. The molecule has 1 aromatic rings. The second-order valence-corrected chi connectivity index (χ2v) is 4.13. The van der Waals surface area contributed by atoms with Crippen molar-refractivity contribution >= 4 is 22.3 Å². The average Bonchev–Trinajstić information content (AvgIpc) is 2.24. The van der Waals surface area contributed by atoms with E-state index in [0.717, 1.165) is 12.1 Å². The maximum atomic E-state index is 11.4. The van der Waals surface area contributed by atoms with Crippen LogP contribution in [0.25, 0.3) is 0 Å². The largest absolute Gasteiger partial charge is 0.480 e. The van der Waals surface area contributed by atoms with Gasteiger partial charge in [0.1, 0.15) is 12.3 Å². The van der Waals surface area contributed by atoms with Crippen molar-refractivity contribution in [3.8, 4) is 5.75 Å². The monoisotopic (exact) mass is 275 g/mol. The zero-order valence-corrected chi connectivity index (χ0v) is 9.68. The molecular formula is C9H9NO7S. The van der Waals surface area contributed by atoms with Crippen molar-refractivity contribution in [2.45, 2.75) is 0 Å². The van der Waals surface area contributed by atoms with Gasteiger partial charge < -0.3 is 14.6 Å². The lowest BCUT2D eigenvalue weighted by Crippen LogP contribution is -2.29. The molecule has 1 rings (SSSR count). The van der Waals surface area contributed by atoms with Gasteiger partial charge in [-0.15, -0.1) is 0 Å². The van der Waals surface area contributed by atoms with E-state index in [-0.39, 0.29) is 11.3 Å². The Kier molecular flexibility index (Phi) is 4.23. The normalized spacial score (nSPS) is 10.7. The van der Waals surface area contributed by atoms with Gasteiger partial charge in [-0.25, -0.2) is 0 Å². The molecule has 0 spiro atoms. The summed E-state index contributed by atoms with van der Waals surface area (Å²) >= 11 is 0. The summed E-state index contributed by atoms with van der Waals surface area (Å²) in [5.41, 5.74) is 0.124. The SMILES string of the molecule is O=C(O)CNC(=O)c1ccc(OS(=O)(=O)O)cc1. The quantitative estimate of drug-likeness (QED) is 0.628. The second kappa shape index (κ2) is 5.47. The summed E-state index contributed by atoms with van der Waals surface area (Å²) in [6.07, 6.45) is 0. The standard InChI is InChI=1S/C9H9NO7S/c11-8(12)5-10-9(13)6-1-3-7(4-2-6)17-18(14,15)16/h1-4H,5H2,(H,10,13)(H,11,12)(H,14,15,16). The molecule has 0 atom stereocenters. The van der Waals surface area contributed by atoms with E-state index in [1.54, 1.807) is 0 Å². The Bertz CT molecular complexity index is 549. The number of amides is 1. The van der Waals surface area contributed by atoms with Crippen LogP contribution in [0.1, 0.15) is 10.4 Å². The van der Waals surface area contributed by atoms with Crippen LogP contribution < -0.4 is 9.50 Å². The molecule has 0 aromatic heterocycles. The van der Waals surface area contributed by atoms with Gasteiger partial charge in [0.25, 0.3) is 5.91 Å². The van der Waals surface area contributed by atoms with Crippen LogP contribution in [0.2, 0.25) is 0 Å². The Morgan fingerprint density at radius 1 is 1.22 bits per heavy atom. The Hall–Kier alpha value is -2.13. The van der Waals surface area contributed by atoms with Crippen LogP contribution in [-0.2, 0) is 15.2 Å². The summed E-state index contributed by atoms with van der Waals surface area (Å²) in [7, 11) is -4.61. The smallest absolute Gasteiger partial charge is 0.446 e. The first-order chi connectivity index (χ1) is 8.28. The molecule has 0 saturated heterocycles. The van der Waals surface area contributed by atoms with Crippen molar-refractivity contribution in [2.24, 2.45) is 0 Å². The first kappa shape index (κ1) is 13.9. The number of nitrogens with one attached hydrogen (secondary N) is 1. The molecule has 18 heavy (non-hydrogen) atoms. The van der Waals surface area contributed by atoms with Gasteiger partial charge in [-0.1, -0.05) is 0 Å². The molecule has 98 valence electrons. The summed E-state index contributed by atoms with van der Waals surface area (Å²) in [6.45, 7) is -0.526. The minimum atomic E-state index is -4.61. The van der Waals surface area contributed by atoms with Crippen molar-refractivity contribution < 1.29 is 31.8 Å². The average molecular weight is 275 g/mol. The minimum absolute atomic E-state index is 0.124. The van der Waals surface area contributed by atoms with Crippen molar-refractivity contribution in [2.75, 3.05) is 6.54 Å². The number of benzene rings is 1. The molecule has 1 aromatic carbocycles. The van der Waals surface area contributed by atoms with E-state index < -0.39 is 28.8 Å². The van der Waals surface area contributed by atoms with Crippen LogP contribution in [0.3, 0.4) is 0 Å². The van der Waals surface area contributed by atoms with Gasteiger partial charge in [0.05, 0.1) is 0 Å². The maximum Gasteiger partial charge on any atom is 0.446 e. The Morgan fingerprint density at radius 2 is 1.78 bits per heavy atom.